The molecule has 2 atom stereocenters. The van der Waals surface area contributed by atoms with Crippen LogP contribution < -0.4 is 25.4 Å². The molecule has 2 unspecified atom stereocenters. The van der Waals surface area contributed by atoms with Gasteiger partial charge >= 0.3 is 11.6 Å². The highest BCUT2D eigenvalue weighted by Gasteiger charge is 2.46. The Labute approximate surface area is 191 Å². The van der Waals surface area contributed by atoms with Crippen LogP contribution in [-0.4, -0.2) is 36.9 Å². The van der Waals surface area contributed by atoms with Crippen LogP contribution in [0.25, 0.3) is 21.9 Å². The lowest BCUT2D eigenvalue weighted by molar-refractivity contribution is -0.151. The van der Waals surface area contributed by atoms with Gasteiger partial charge < -0.3 is 28.3 Å². The Hall–Kier alpha value is -4.27. The zero-order valence-corrected chi connectivity index (χ0v) is 18.1. The topological polar surface area (TPSA) is 117 Å². The van der Waals surface area contributed by atoms with E-state index in [1.807, 2.05) is 0 Å². The van der Waals surface area contributed by atoms with Crippen molar-refractivity contribution in [3.63, 3.8) is 0 Å². The van der Waals surface area contributed by atoms with Crippen LogP contribution in [-0.2, 0) is 9.53 Å². The Kier molecular flexibility index (Phi) is 4.58. The second kappa shape index (κ2) is 7.65. The van der Waals surface area contributed by atoms with Crippen LogP contribution >= 0.6 is 0 Å². The summed E-state index contributed by atoms with van der Waals surface area (Å²) >= 11 is 0. The van der Waals surface area contributed by atoms with Crippen LogP contribution in [0.5, 0.6) is 17.2 Å². The second-order valence-corrected chi connectivity index (χ2v) is 8.03. The van der Waals surface area contributed by atoms with Gasteiger partial charge in [-0.05, 0) is 31.2 Å². The molecule has 0 saturated carbocycles. The first kappa shape index (κ1) is 20.3. The molecule has 0 saturated heterocycles. The molecule has 2 aliphatic heterocycles. The number of ether oxygens (including phenoxy) is 4. The van der Waals surface area contributed by atoms with E-state index in [2.05, 4.69) is 4.98 Å². The van der Waals surface area contributed by atoms with Crippen LogP contribution in [0, 0.1) is 0 Å². The fourth-order valence-corrected chi connectivity index (χ4v) is 4.60. The minimum atomic E-state index is -1.22. The van der Waals surface area contributed by atoms with Crippen molar-refractivity contribution in [2.75, 3.05) is 19.8 Å². The molecule has 172 valence electrons. The van der Waals surface area contributed by atoms with Crippen LogP contribution in [0.3, 0.4) is 0 Å². The molecule has 0 bridgehead atoms. The molecule has 2 aromatic heterocycles. The minimum Gasteiger partial charge on any atom is -0.486 e. The first-order valence-electron chi connectivity index (χ1n) is 10.9. The average Bonchev–Trinajstić information content (AvgIpc) is 3.24. The van der Waals surface area contributed by atoms with Gasteiger partial charge in [0.1, 0.15) is 24.5 Å². The lowest BCUT2D eigenvalue weighted by Gasteiger charge is -2.20. The van der Waals surface area contributed by atoms with Gasteiger partial charge in [0, 0.05) is 17.0 Å². The van der Waals surface area contributed by atoms with E-state index in [1.165, 1.54) is 0 Å². The maximum Gasteiger partial charge on any atom is 0.348 e. The van der Waals surface area contributed by atoms with Gasteiger partial charge in [0.25, 0.3) is 5.56 Å². The van der Waals surface area contributed by atoms with Gasteiger partial charge in [-0.15, -0.1) is 0 Å². The Morgan fingerprint density at radius 2 is 1.85 bits per heavy atom. The Balaban J connectivity index is 1.59. The van der Waals surface area contributed by atoms with Gasteiger partial charge in [-0.2, -0.15) is 0 Å². The van der Waals surface area contributed by atoms with E-state index < -0.39 is 29.2 Å². The summed E-state index contributed by atoms with van der Waals surface area (Å²) in [5.74, 6) is -0.387. The molecule has 6 rings (SSSR count). The first-order chi connectivity index (χ1) is 16.5. The highest BCUT2D eigenvalue weighted by molar-refractivity contribution is 5.89. The molecule has 9 heteroatoms. The number of rotatable bonds is 3. The van der Waals surface area contributed by atoms with Crippen molar-refractivity contribution in [3.8, 4) is 17.2 Å². The van der Waals surface area contributed by atoms with Crippen LogP contribution in [0.15, 0.2) is 56.5 Å². The molecule has 0 fully saturated rings. The molecule has 2 aromatic carbocycles. The van der Waals surface area contributed by atoms with Gasteiger partial charge in [0.05, 0.1) is 29.0 Å². The fraction of sp³-hybridized carbons (Fsp3) is 0.240. The van der Waals surface area contributed by atoms with Crippen molar-refractivity contribution < 1.29 is 28.2 Å². The summed E-state index contributed by atoms with van der Waals surface area (Å²) in [5.41, 5.74) is 0.0171. The predicted octanol–water partition coefficient (Wildman–Crippen LogP) is 2.86. The first-order valence-corrected chi connectivity index (χ1v) is 10.9. The van der Waals surface area contributed by atoms with Crippen LogP contribution in [0.2, 0.25) is 0 Å². The van der Waals surface area contributed by atoms with Crippen LogP contribution in [0.4, 0.5) is 0 Å². The predicted molar refractivity (Wildman–Crippen MR) is 121 cm³/mol. The number of para-hydroxylation sites is 1. The number of carbonyl (C=O) groups is 1. The molecule has 0 amide bonds. The molecule has 0 aliphatic carbocycles. The maximum absolute atomic E-state index is 13.2. The number of benzene rings is 2. The van der Waals surface area contributed by atoms with Crippen molar-refractivity contribution in [1.29, 1.82) is 0 Å². The van der Waals surface area contributed by atoms with E-state index in [4.69, 9.17) is 23.4 Å². The number of fused-ring (bicyclic) bond motifs is 5. The Morgan fingerprint density at radius 1 is 1.09 bits per heavy atom. The van der Waals surface area contributed by atoms with E-state index in [1.54, 1.807) is 49.4 Å². The van der Waals surface area contributed by atoms with Gasteiger partial charge in [-0.3, -0.25) is 4.79 Å². The van der Waals surface area contributed by atoms with E-state index in [0.717, 1.165) is 0 Å². The summed E-state index contributed by atoms with van der Waals surface area (Å²) in [4.78, 5) is 42.0. The standard InChI is InChI=1S/C25H19NO8/c1-2-30-25(29)22-19(20-21(34-22)13-5-3-4-6-16(13)33-24(20)28)14-9-12-10-17-18(32-8-7-31-17)11-15(12)26-23(14)27/h3-6,9-11,19,22H,2,7-8H2,1H3,(H,26,27). The third-order valence-corrected chi connectivity index (χ3v) is 6.05. The molecular weight excluding hydrogens is 442 g/mol. The Bertz CT molecular complexity index is 1580. The lowest BCUT2D eigenvalue weighted by Crippen LogP contribution is -2.35. The summed E-state index contributed by atoms with van der Waals surface area (Å²) in [6.45, 7) is 2.63. The number of carbonyl (C=O) groups excluding carboxylic acids is 1. The number of hydrogen-bond donors (Lipinski definition) is 1. The number of H-pyrrole nitrogens is 1. The number of aromatic nitrogens is 1. The Morgan fingerprint density at radius 3 is 2.65 bits per heavy atom. The average molecular weight is 461 g/mol. The molecule has 9 nitrogen and oxygen atoms in total. The van der Waals surface area contributed by atoms with Crippen molar-refractivity contribution in [2.45, 2.75) is 18.9 Å². The normalized spacial score (nSPS) is 18.5. The summed E-state index contributed by atoms with van der Waals surface area (Å²) in [6, 6.07) is 12.0. The quantitative estimate of drug-likeness (QED) is 0.366. The third kappa shape index (κ3) is 3.04. The SMILES string of the molecule is CCOC(=O)C1Oc2c(c(=O)oc3ccccc23)C1c1cc2cc3c(cc2[nH]c1=O)OCCO3. The van der Waals surface area contributed by atoms with Crippen molar-refractivity contribution in [3.05, 3.63) is 74.4 Å². The summed E-state index contributed by atoms with van der Waals surface area (Å²) in [7, 11) is 0. The molecule has 34 heavy (non-hydrogen) atoms. The van der Waals surface area contributed by atoms with E-state index in [9.17, 15) is 14.4 Å². The monoisotopic (exact) mass is 461 g/mol. The fourth-order valence-electron chi connectivity index (χ4n) is 4.60. The van der Waals surface area contributed by atoms with Gasteiger partial charge in [-0.25, -0.2) is 9.59 Å². The van der Waals surface area contributed by atoms with Gasteiger partial charge in [0.2, 0.25) is 6.10 Å². The molecule has 4 heterocycles. The lowest BCUT2D eigenvalue weighted by atomic mass is 9.88. The smallest absolute Gasteiger partial charge is 0.348 e. The largest absolute Gasteiger partial charge is 0.486 e. The van der Waals surface area contributed by atoms with Crippen molar-refractivity contribution in [1.82, 2.24) is 4.98 Å². The van der Waals surface area contributed by atoms with Gasteiger partial charge in [-0.1, -0.05) is 12.1 Å². The molecule has 0 radical (unpaired) electrons. The zero-order chi connectivity index (χ0) is 23.4. The number of hydrogen-bond acceptors (Lipinski definition) is 8. The molecule has 4 aromatic rings. The number of esters is 1. The maximum atomic E-state index is 13.2. The second-order valence-electron chi connectivity index (χ2n) is 8.03. The summed E-state index contributed by atoms with van der Waals surface area (Å²) < 4.78 is 28.0. The third-order valence-electron chi connectivity index (χ3n) is 6.05. The molecule has 0 spiro atoms. The van der Waals surface area contributed by atoms with Crippen LogP contribution in [0.1, 0.15) is 24.0 Å². The van der Waals surface area contributed by atoms with E-state index in [0.29, 0.717) is 46.6 Å². The minimum absolute atomic E-state index is 0.110. The van der Waals surface area contributed by atoms with Gasteiger partial charge in [0.15, 0.2) is 11.5 Å². The van der Waals surface area contributed by atoms with E-state index >= 15 is 0 Å². The number of pyridine rings is 1. The summed E-state index contributed by atoms with van der Waals surface area (Å²) in [5, 5.41) is 1.19. The number of nitrogens with one attached hydrogen (secondary N) is 1. The summed E-state index contributed by atoms with van der Waals surface area (Å²) in [6.07, 6.45) is -1.22. The van der Waals surface area contributed by atoms with E-state index in [-0.39, 0.29) is 23.5 Å². The highest BCUT2D eigenvalue weighted by Crippen LogP contribution is 2.44. The number of aromatic amines is 1. The zero-order valence-electron chi connectivity index (χ0n) is 18.1. The molecule has 1 N–H and O–H groups in total. The highest BCUT2D eigenvalue weighted by atomic mass is 16.6. The van der Waals surface area contributed by atoms with Crippen molar-refractivity contribution in [2.24, 2.45) is 0 Å². The van der Waals surface area contributed by atoms with Crippen molar-refractivity contribution >= 4 is 27.8 Å². The molecule has 2 aliphatic rings. The molecular formula is C25H19NO8.